The first-order chi connectivity index (χ1) is 9.74. The summed E-state index contributed by atoms with van der Waals surface area (Å²) in [6.07, 6.45) is 9.49. The van der Waals surface area contributed by atoms with E-state index >= 15 is 0 Å². The molecule has 0 spiro atoms. The predicted octanol–water partition coefficient (Wildman–Crippen LogP) is 4.41. The van der Waals surface area contributed by atoms with E-state index in [0.29, 0.717) is 22.7 Å². The van der Waals surface area contributed by atoms with Crippen LogP contribution in [-0.2, 0) is 0 Å². The van der Waals surface area contributed by atoms with Gasteiger partial charge in [-0.2, -0.15) is 0 Å². The van der Waals surface area contributed by atoms with Gasteiger partial charge in [-0.05, 0) is 31.0 Å². The van der Waals surface area contributed by atoms with Gasteiger partial charge in [-0.3, -0.25) is 4.57 Å². The van der Waals surface area contributed by atoms with Crippen molar-refractivity contribution in [2.24, 2.45) is 0 Å². The molecule has 3 nitrogen and oxygen atoms in total. The zero-order valence-electron chi connectivity index (χ0n) is 11.1. The minimum atomic E-state index is -0.306. The van der Waals surface area contributed by atoms with Gasteiger partial charge >= 0.3 is 0 Å². The van der Waals surface area contributed by atoms with Crippen LogP contribution >= 0.6 is 11.6 Å². The molecule has 1 aromatic heterocycles. The molecule has 0 aliphatic heterocycles. The van der Waals surface area contributed by atoms with Crippen LogP contribution in [0.15, 0.2) is 30.6 Å². The van der Waals surface area contributed by atoms with Crippen LogP contribution < -0.4 is 5.32 Å². The Morgan fingerprint density at radius 1 is 1.25 bits per heavy atom. The number of nitrogens with zero attached hydrogens (tertiary/aromatic N) is 2. The van der Waals surface area contributed by atoms with Crippen molar-refractivity contribution in [1.29, 1.82) is 0 Å². The summed E-state index contributed by atoms with van der Waals surface area (Å²) in [5, 5.41) is 3.93. The predicted molar refractivity (Wildman–Crippen MR) is 79.0 cm³/mol. The van der Waals surface area contributed by atoms with Crippen molar-refractivity contribution < 1.29 is 4.39 Å². The molecule has 0 radical (unpaired) electrons. The quantitative estimate of drug-likeness (QED) is 0.908. The number of hydrogen-bond donors (Lipinski definition) is 1. The van der Waals surface area contributed by atoms with Crippen LogP contribution in [-0.4, -0.2) is 15.6 Å². The highest BCUT2D eigenvalue weighted by Gasteiger charge is 2.16. The van der Waals surface area contributed by atoms with Crippen LogP contribution in [0.4, 0.5) is 10.3 Å². The molecule has 3 rings (SSSR count). The van der Waals surface area contributed by atoms with Crippen molar-refractivity contribution in [3.05, 3.63) is 41.4 Å². The molecule has 1 heterocycles. The number of anilines is 1. The van der Waals surface area contributed by atoms with E-state index in [1.54, 1.807) is 29.1 Å². The third-order valence-electron chi connectivity index (χ3n) is 3.75. The monoisotopic (exact) mass is 293 g/mol. The van der Waals surface area contributed by atoms with E-state index in [9.17, 15) is 4.39 Å². The summed E-state index contributed by atoms with van der Waals surface area (Å²) < 4.78 is 15.7. The van der Waals surface area contributed by atoms with Crippen LogP contribution in [0.25, 0.3) is 5.69 Å². The second kappa shape index (κ2) is 5.83. The number of halogens is 2. The molecule has 1 fully saturated rings. The maximum absolute atomic E-state index is 14.0. The van der Waals surface area contributed by atoms with Gasteiger partial charge in [0.15, 0.2) is 0 Å². The normalized spacial score (nSPS) is 16.3. The van der Waals surface area contributed by atoms with E-state index in [-0.39, 0.29) is 5.82 Å². The average Bonchev–Trinajstić information content (AvgIpc) is 2.91. The van der Waals surface area contributed by atoms with Crippen LogP contribution in [0.2, 0.25) is 5.02 Å². The lowest BCUT2D eigenvalue weighted by atomic mass is 9.96. The van der Waals surface area contributed by atoms with Crippen molar-refractivity contribution in [3.8, 4) is 5.69 Å². The Labute approximate surface area is 122 Å². The Balaban J connectivity index is 1.87. The zero-order valence-corrected chi connectivity index (χ0v) is 11.9. The maximum atomic E-state index is 14.0. The van der Waals surface area contributed by atoms with E-state index < -0.39 is 0 Å². The van der Waals surface area contributed by atoms with E-state index in [4.69, 9.17) is 11.6 Å². The lowest BCUT2D eigenvalue weighted by molar-refractivity contribution is 0.460. The van der Waals surface area contributed by atoms with Gasteiger partial charge in [-0.1, -0.05) is 30.9 Å². The van der Waals surface area contributed by atoms with Crippen LogP contribution in [0, 0.1) is 5.82 Å². The van der Waals surface area contributed by atoms with Crippen molar-refractivity contribution >= 4 is 17.5 Å². The molecule has 0 unspecified atom stereocenters. The van der Waals surface area contributed by atoms with E-state index in [1.165, 1.54) is 25.3 Å². The van der Waals surface area contributed by atoms with Gasteiger partial charge < -0.3 is 5.32 Å². The molecule has 1 saturated carbocycles. The molecule has 106 valence electrons. The van der Waals surface area contributed by atoms with E-state index in [0.717, 1.165) is 12.8 Å². The van der Waals surface area contributed by atoms with Gasteiger partial charge in [0.05, 0.1) is 5.69 Å². The average molecular weight is 294 g/mol. The smallest absolute Gasteiger partial charge is 0.207 e. The maximum Gasteiger partial charge on any atom is 0.207 e. The standard InChI is InChI=1S/C15H17ClFN3/c16-11-6-7-13(17)14(10-11)20-9-8-18-15(20)19-12-4-2-1-3-5-12/h6-10,12H,1-5H2,(H,18,19). The summed E-state index contributed by atoms with van der Waals surface area (Å²) in [7, 11) is 0. The number of nitrogens with one attached hydrogen (secondary N) is 1. The topological polar surface area (TPSA) is 29.9 Å². The fourth-order valence-corrected chi connectivity index (χ4v) is 2.87. The van der Waals surface area contributed by atoms with Crippen LogP contribution in [0.1, 0.15) is 32.1 Å². The van der Waals surface area contributed by atoms with Crippen LogP contribution in [0.5, 0.6) is 0 Å². The first kappa shape index (κ1) is 13.4. The van der Waals surface area contributed by atoms with E-state index in [1.807, 2.05) is 0 Å². The highest BCUT2D eigenvalue weighted by Crippen LogP contribution is 2.25. The molecule has 0 atom stereocenters. The highest BCUT2D eigenvalue weighted by atomic mass is 35.5. The largest absolute Gasteiger partial charge is 0.353 e. The first-order valence-electron chi connectivity index (χ1n) is 6.99. The lowest BCUT2D eigenvalue weighted by Gasteiger charge is -2.23. The summed E-state index contributed by atoms with van der Waals surface area (Å²) >= 11 is 5.96. The molecule has 0 saturated heterocycles. The summed E-state index contributed by atoms with van der Waals surface area (Å²) in [5.41, 5.74) is 0.424. The number of imidazole rings is 1. The number of hydrogen-bond acceptors (Lipinski definition) is 2. The van der Waals surface area contributed by atoms with Gasteiger partial charge in [-0.25, -0.2) is 9.37 Å². The molecular weight excluding hydrogens is 277 g/mol. The summed E-state index contributed by atoms with van der Waals surface area (Å²) in [4.78, 5) is 4.30. The summed E-state index contributed by atoms with van der Waals surface area (Å²) in [6, 6.07) is 4.96. The second-order valence-corrected chi connectivity index (χ2v) is 5.63. The zero-order chi connectivity index (χ0) is 13.9. The van der Waals surface area contributed by atoms with Gasteiger partial charge in [0.2, 0.25) is 5.95 Å². The van der Waals surface area contributed by atoms with E-state index in [2.05, 4.69) is 10.3 Å². The minimum absolute atomic E-state index is 0.306. The third kappa shape index (κ3) is 2.80. The molecule has 20 heavy (non-hydrogen) atoms. The second-order valence-electron chi connectivity index (χ2n) is 5.20. The highest BCUT2D eigenvalue weighted by molar-refractivity contribution is 6.30. The molecule has 1 aliphatic carbocycles. The van der Waals surface area contributed by atoms with Crippen LogP contribution in [0.3, 0.4) is 0 Å². The minimum Gasteiger partial charge on any atom is -0.353 e. The Morgan fingerprint density at radius 3 is 2.85 bits per heavy atom. The Morgan fingerprint density at radius 2 is 2.05 bits per heavy atom. The molecule has 0 bridgehead atoms. The summed E-state index contributed by atoms with van der Waals surface area (Å²) in [5.74, 6) is 0.372. The number of rotatable bonds is 3. The molecule has 5 heteroatoms. The van der Waals surface area contributed by atoms with Gasteiger partial charge in [0.25, 0.3) is 0 Å². The molecule has 1 N–H and O–H groups in total. The fraction of sp³-hybridized carbons (Fsp3) is 0.400. The van der Waals surface area contributed by atoms with Crippen molar-refractivity contribution in [1.82, 2.24) is 9.55 Å². The molecule has 1 aliphatic rings. The first-order valence-corrected chi connectivity index (χ1v) is 7.37. The molecular formula is C15H17ClFN3. The Bertz CT molecular complexity index is 591. The van der Waals surface area contributed by atoms with Gasteiger partial charge in [0.1, 0.15) is 5.82 Å². The van der Waals surface area contributed by atoms with Gasteiger partial charge in [-0.15, -0.1) is 0 Å². The fourth-order valence-electron chi connectivity index (χ4n) is 2.70. The van der Waals surface area contributed by atoms with Gasteiger partial charge in [0, 0.05) is 23.5 Å². The Kier molecular flexibility index (Phi) is 3.92. The molecule has 2 aromatic rings. The van der Waals surface area contributed by atoms with Crippen molar-refractivity contribution in [3.63, 3.8) is 0 Å². The number of aromatic nitrogens is 2. The lowest BCUT2D eigenvalue weighted by Crippen LogP contribution is -2.24. The Hall–Kier alpha value is -1.55. The molecule has 0 amide bonds. The number of benzene rings is 1. The third-order valence-corrected chi connectivity index (χ3v) is 3.98. The SMILES string of the molecule is Fc1ccc(Cl)cc1-n1ccnc1NC1CCCCC1. The summed E-state index contributed by atoms with van der Waals surface area (Å²) in [6.45, 7) is 0. The van der Waals surface area contributed by atoms with Crippen molar-refractivity contribution in [2.75, 3.05) is 5.32 Å². The molecule has 1 aromatic carbocycles. The van der Waals surface area contributed by atoms with Crippen molar-refractivity contribution in [2.45, 2.75) is 38.1 Å².